The second kappa shape index (κ2) is 6.28. The van der Waals surface area contributed by atoms with E-state index in [1.807, 2.05) is 18.2 Å². The third-order valence-corrected chi connectivity index (χ3v) is 3.26. The Morgan fingerprint density at radius 3 is 2.94 bits per heavy atom. The van der Waals surface area contributed by atoms with E-state index in [1.165, 1.54) is 5.69 Å². The van der Waals surface area contributed by atoms with E-state index in [0.717, 1.165) is 32.4 Å². The molecule has 1 aromatic rings. The van der Waals surface area contributed by atoms with Crippen LogP contribution in [-0.2, 0) is 4.79 Å². The third kappa shape index (κ3) is 4.10. The van der Waals surface area contributed by atoms with Crippen molar-refractivity contribution in [2.45, 2.75) is 25.7 Å². The number of anilines is 1. The van der Waals surface area contributed by atoms with Crippen molar-refractivity contribution in [1.29, 1.82) is 0 Å². The fraction of sp³-hybridized carbons (Fsp3) is 0.500. The van der Waals surface area contributed by atoms with Crippen molar-refractivity contribution in [3.05, 3.63) is 30.3 Å². The smallest absolute Gasteiger partial charge is 0.220 e. The van der Waals surface area contributed by atoms with Crippen molar-refractivity contribution in [1.82, 2.24) is 5.32 Å². The van der Waals surface area contributed by atoms with Gasteiger partial charge in [-0.15, -0.1) is 0 Å². The summed E-state index contributed by atoms with van der Waals surface area (Å²) >= 11 is 0. The van der Waals surface area contributed by atoms with Gasteiger partial charge in [-0.2, -0.15) is 0 Å². The minimum Gasteiger partial charge on any atom is -0.385 e. The van der Waals surface area contributed by atoms with Gasteiger partial charge in [0.05, 0.1) is 0 Å². The topological polar surface area (TPSA) is 41.1 Å². The van der Waals surface area contributed by atoms with E-state index in [-0.39, 0.29) is 5.91 Å². The molecule has 0 aliphatic carbocycles. The zero-order valence-electron chi connectivity index (χ0n) is 10.1. The minimum absolute atomic E-state index is 0.212. The summed E-state index contributed by atoms with van der Waals surface area (Å²) < 4.78 is 0. The van der Waals surface area contributed by atoms with E-state index in [1.54, 1.807) is 0 Å². The molecule has 0 bridgehead atoms. The van der Waals surface area contributed by atoms with Crippen LogP contribution in [0.4, 0.5) is 5.69 Å². The fourth-order valence-electron chi connectivity index (χ4n) is 2.22. The number of nitrogens with one attached hydrogen (secondary N) is 2. The summed E-state index contributed by atoms with van der Waals surface area (Å²) in [4.78, 5) is 11.2. The molecule has 1 aliphatic heterocycles. The van der Waals surface area contributed by atoms with Gasteiger partial charge < -0.3 is 10.6 Å². The van der Waals surface area contributed by atoms with Gasteiger partial charge in [-0.3, -0.25) is 4.79 Å². The molecule has 92 valence electrons. The highest BCUT2D eigenvalue weighted by Gasteiger charge is 2.14. The molecular formula is C14H20N2O. The maximum atomic E-state index is 11.2. The van der Waals surface area contributed by atoms with E-state index in [9.17, 15) is 4.79 Å². The molecule has 0 saturated carbocycles. The Labute approximate surface area is 103 Å². The highest BCUT2D eigenvalue weighted by atomic mass is 16.1. The quantitative estimate of drug-likeness (QED) is 0.837. The van der Waals surface area contributed by atoms with Crippen LogP contribution in [0.15, 0.2) is 30.3 Å². The van der Waals surface area contributed by atoms with Crippen LogP contribution in [0.1, 0.15) is 25.7 Å². The zero-order valence-corrected chi connectivity index (χ0v) is 10.1. The van der Waals surface area contributed by atoms with Gasteiger partial charge in [-0.1, -0.05) is 18.2 Å². The van der Waals surface area contributed by atoms with E-state index in [2.05, 4.69) is 22.8 Å². The van der Waals surface area contributed by atoms with Crippen LogP contribution in [0, 0.1) is 5.92 Å². The van der Waals surface area contributed by atoms with Crippen molar-refractivity contribution in [2.24, 2.45) is 5.92 Å². The summed E-state index contributed by atoms with van der Waals surface area (Å²) in [5, 5.41) is 6.39. The van der Waals surface area contributed by atoms with Gasteiger partial charge in [0.2, 0.25) is 5.91 Å². The van der Waals surface area contributed by atoms with E-state index in [4.69, 9.17) is 0 Å². The van der Waals surface area contributed by atoms with Gasteiger partial charge in [-0.05, 0) is 37.3 Å². The number of para-hydroxylation sites is 1. The summed E-state index contributed by atoms with van der Waals surface area (Å²) in [6.07, 6.45) is 4.01. The highest BCUT2D eigenvalue weighted by Crippen LogP contribution is 2.15. The fourth-order valence-corrected chi connectivity index (χ4v) is 2.22. The van der Waals surface area contributed by atoms with Crippen molar-refractivity contribution >= 4 is 11.6 Å². The molecule has 0 radical (unpaired) electrons. The Kier molecular flexibility index (Phi) is 4.42. The Bertz CT molecular complexity index is 350. The molecule has 1 heterocycles. The SMILES string of the molecule is O=C1CCCC(CCNc2ccccc2)CN1. The summed E-state index contributed by atoms with van der Waals surface area (Å²) in [5.74, 6) is 0.834. The summed E-state index contributed by atoms with van der Waals surface area (Å²) in [5.41, 5.74) is 1.17. The molecule has 1 fully saturated rings. The summed E-state index contributed by atoms with van der Waals surface area (Å²) in [6.45, 7) is 1.82. The van der Waals surface area contributed by atoms with Crippen LogP contribution in [0.5, 0.6) is 0 Å². The lowest BCUT2D eigenvalue weighted by Gasteiger charge is -2.14. The summed E-state index contributed by atoms with van der Waals surface area (Å²) in [7, 11) is 0. The number of carbonyl (C=O) groups is 1. The molecule has 3 heteroatoms. The zero-order chi connectivity index (χ0) is 11.9. The number of carbonyl (C=O) groups excluding carboxylic acids is 1. The number of hydrogen-bond acceptors (Lipinski definition) is 2. The van der Waals surface area contributed by atoms with Gasteiger partial charge in [-0.25, -0.2) is 0 Å². The van der Waals surface area contributed by atoms with Crippen LogP contribution < -0.4 is 10.6 Å². The molecule has 1 unspecified atom stereocenters. The molecule has 1 saturated heterocycles. The number of hydrogen-bond donors (Lipinski definition) is 2. The maximum absolute atomic E-state index is 11.2. The normalized spacial score (nSPS) is 20.5. The molecule has 0 aromatic heterocycles. The Hall–Kier alpha value is -1.51. The Morgan fingerprint density at radius 2 is 2.12 bits per heavy atom. The Balaban J connectivity index is 1.69. The van der Waals surface area contributed by atoms with Crippen LogP contribution in [0.25, 0.3) is 0 Å². The first-order valence-electron chi connectivity index (χ1n) is 6.40. The van der Waals surface area contributed by atoms with E-state index in [0.29, 0.717) is 12.3 Å². The van der Waals surface area contributed by atoms with Crippen molar-refractivity contribution in [2.75, 3.05) is 18.4 Å². The second-order valence-corrected chi connectivity index (χ2v) is 4.64. The van der Waals surface area contributed by atoms with Gasteiger partial charge in [0, 0.05) is 25.2 Å². The molecule has 17 heavy (non-hydrogen) atoms. The molecular weight excluding hydrogens is 212 g/mol. The second-order valence-electron chi connectivity index (χ2n) is 4.64. The minimum atomic E-state index is 0.212. The number of benzene rings is 1. The summed E-state index contributed by atoms with van der Waals surface area (Å²) in [6, 6.07) is 10.2. The predicted octanol–water partition coefficient (Wildman–Crippen LogP) is 2.40. The third-order valence-electron chi connectivity index (χ3n) is 3.26. The lowest BCUT2D eigenvalue weighted by Crippen LogP contribution is -2.26. The maximum Gasteiger partial charge on any atom is 0.220 e. The largest absolute Gasteiger partial charge is 0.385 e. The number of rotatable bonds is 4. The van der Waals surface area contributed by atoms with E-state index >= 15 is 0 Å². The lowest BCUT2D eigenvalue weighted by atomic mass is 10.00. The lowest BCUT2D eigenvalue weighted by molar-refractivity contribution is -0.120. The van der Waals surface area contributed by atoms with Gasteiger partial charge in [0.25, 0.3) is 0 Å². The van der Waals surface area contributed by atoms with Gasteiger partial charge in [0.1, 0.15) is 0 Å². The monoisotopic (exact) mass is 232 g/mol. The van der Waals surface area contributed by atoms with Crippen LogP contribution in [0.3, 0.4) is 0 Å². The standard InChI is InChI=1S/C14H20N2O/c17-14-8-4-5-12(11-16-14)9-10-15-13-6-2-1-3-7-13/h1-3,6-7,12,15H,4-5,8-11H2,(H,16,17). The molecule has 1 aromatic carbocycles. The predicted molar refractivity (Wildman–Crippen MR) is 69.9 cm³/mol. The van der Waals surface area contributed by atoms with Crippen LogP contribution in [-0.4, -0.2) is 19.0 Å². The average Bonchev–Trinajstić information content (AvgIpc) is 2.56. The van der Waals surface area contributed by atoms with Crippen LogP contribution >= 0.6 is 0 Å². The van der Waals surface area contributed by atoms with Crippen molar-refractivity contribution < 1.29 is 4.79 Å². The molecule has 1 amide bonds. The first-order valence-corrected chi connectivity index (χ1v) is 6.40. The Morgan fingerprint density at radius 1 is 1.29 bits per heavy atom. The number of amides is 1. The molecule has 3 nitrogen and oxygen atoms in total. The van der Waals surface area contributed by atoms with Gasteiger partial charge >= 0.3 is 0 Å². The van der Waals surface area contributed by atoms with Crippen LogP contribution in [0.2, 0.25) is 0 Å². The molecule has 1 atom stereocenters. The van der Waals surface area contributed by atoms with Crippen molar-refractivity contribution in [3.8, 4) is 0 Å². The average molecular weight is 232 g/mol. The molecule has 1 aliphatic rings. The van der Waals surface area contributed by atoms with Crippen molar-refractivity contribution in [3.63, 3.8) is 0 Å². The molecule has 0 spiro atoms. The first kappa shape index (κ1) is 12.0. The van der Waals surface area contributed by atoms with E-state index < -0.39 is 0 Å². The highest BCUT2D eigenvalue weighted by molar-refractivity contribution is 5.76. The van der Waals surface area contributed by atoms with Gasteiger partial charge in [0.15, 0.2) is 0 Å². The molecule has 2 N–H and O–H groups in total. The first-order chi connectivity index (χ1) is 8.34. The molecule has 2 rings (SSSR count).